The van der Waals surface area contributed by atoms with Crippen LogP contribution in [0.25, 0.3) is 10.6 Å². The summed E-state index contributed by atoms with van der Waals surface area (Å²) >= 11 is 1.38. The van der Waals surface area contributed by atoms with Crippen molar-refractivity contribution >= 4 is 40.5 Å². The molecule has 1 aliphatic heterocycles. The molecule has 2 aromatic carbocycles. The number of carbonyl (C=O) groups excluding carboxylic acids is 3. The number of esters is 1. The van der Waals surface area contributed by atoms with Crippen LogP contribution in [0.15, 0.2) is 47.8 Å². The summed E-state index contributed by atoms with van der Waals surface area (Å²) in [5, 5.41) is 5.20. The van der Waals surface area contributed by atoms with Crippen molar-refractivity contribution in [2.75, 3.05) is 31.0 Å². The number of hydrogen-bond donors (Lipinski definition) is 1. The standard InChI is InChI=1S/C24H23N3O6S/c1-14(24(30)27-12-21(28)26-17-6-4-5-7-18(17)27)33-22(29)11-16-13-34-23(25-16)15-8-9-19(31-2)20(10-15)32-3/h4-10,13-14H,11-12H2,1-3H3,(H,26,28). The third-order valence-electron chi connectivity index (χ3n) is 5.20. The number of para-hydroxylation sites is 2. The zero-order valence-corrected chi connectivity index (χ0v) is 19.7. The van der Waals surface area contributed by atoms with Crippen molar-refractivity contribution < 1.29 is 28.6 Å². The molecular formula is C24H23N3O6S. The van der Waals surface area contributed by atoms with Crippen molar-refractivity contribution in [3.05, 3.63) is 53.5 Å². The van der Waals surface area contributed by atoms with E-state index in [1.54, 1.807) is 49.9 Å². The Morgan fingerprint density at radius 2 is 1.91 bits per heavy atom. The van der Waals surface area contributed by atoms with Crippen LogP contribution >= 0.6 is 11.3 Å². The van der Waals surface area contributed by atoms with E-state index in [1.165, 1.54) is 23.2 Å². The maximum absolute atomic E-state index is 12.9. The van der Waals surface area contributed by atoms with Gasteiger partial charge in [0.25, 0.3) is 5.91 Å². The van der Waals surface area contributed by atoms with Crippen molar-refractivity contribution in [1.29, 1.82) is 0 Å². The van der Waals surface area contributed by atoms with Crippen LogP contribution < -0.4 is 19.7 Å². The van der Waals surface area contributed by atoms with Gasteiger partial charge in [0.05, 0.1) is 37.7 Å². The average Bonchev–Trinajstić information content (AvgIpc) is 3.30. The van der Waals surface area contributed by atoms with Gasteiger partial charge >= 0.3 is 5.97 Å². The van der Waals surface area contributed by atoms with E-state index in [0.717, 1.165) is 5.56 Å². The van der Waals surface area contributed by atoms with Crippen LogP contribution in [0.4, 0.5) is 11.4 Å². The molecular weight excluding hydrogens is 458 g/mol. The maximum Gasteiger partial charge on any atom is 0.312 e. The van der Waals surface area contributed by atoms with Crippen molar-refractivity contribution in [3.8, 4) is 22.1 Å². The summed E-state index contributed by atoms with van der Waals surface area (Å²) in [5.74, 6) is -0.175. The fourth-order valence-corrected chi connectivity index (χ4v) is 4.39. The van der Waals surface area contributed by atoms with E-state index in [4.69, 9.17) is 14.2 Å². The number of nitrogens with one attached hydrogen (secondary N) is 1. The van der Waals surface area contributed by atoms with Crippen LogP contribution in [0, 0.1) is 0 Å². The largest absolute Gasteiger partial charge is 0.493 e. The smallest absolute Gasteiger partial charge is 0.312 e. The number of anilines is 2. The number of aromatic nitrogens is 1. The molecule has 2 heterocycles. The summed E-state index contributed by atoms with van der Waals surface area (Å²) in [4.78, 5) is 43.3. The fraction of sp³-hybridized carbons (Fsp3) is 0.250. The van der Waals surface area contributed by atoms with Gasteiger partial charge in [-0.05, 0) is 37.3 Å². The molecule has 1 unspecified atom stereocenters. The summed E-state index contributed by atoms with van der Waals surface area (Å²) in [6.45, 7) is 1.35. The van der Waals surface area contributed by atoms with E-state index < -0.39 is 18.0 Å². The maximum atomic E-state index is 12.9. The van der Waals surface area contributed by atoms with Gasteiger partial charge in [0.15, 0.2) is 17.6 Å². The highest BCUT2D eigenvalue weighted by molar-refractivity contribution is 7.13. The quantitative estimate of drug-likeness (QED) is 0.516. The topological polar surface area (TPSA) is 107 Å². The molecule has 0 spiro atoms. The van der Waals surface area contributed by atoms with Crippen molar-refractivity contribution in [2.45, 2.75) is 19.4 Å². The van der Waals surface area contributed by atoms with Crippen molar-refractivity contribution in [3.63, 3.8) is 0 Å². The molecule has 2 amide bonds. The Morgan fingerprint density at radius 3 is 2.68 bits per heavy atom. The number of rotatable bonds is 7. The van der Waals surface area contributed by atoms with E-state index in [-0.39, 0.29) is 18.9 Å². The van der Waals surface area contributed by atoms with Gasteiger partial charge in [-0.3, -0.25) is 19.3 Å². The first-order valence-corrected chi connectivity index (χ1v) is 11.3. The van der Waals surface area contributed by atoms with E-state index in [0.29, 0.717) is 33.6 Å². The van der Waals surface area contributed by atoms with E-state index in [2.05, 4.69) is 10.3 Å². The Bertz CT molecular complexity index is 1240. The van der Waals surface area contributed by atoms with Crippen molar-refractivity contribution in [1.82, 2.24) is 4.98 Å². The number of methoxy groups -OCH3 is 2. The number of thiazole rings is 1. The number of amides is 2. The molecule has 10 heteroatoms. The predicted molar refractivity (Wildman–Crippen MR) is 127 cm³/mol. The number of carbonyl (C=O) groups is 3. The number of benzene rings is 2. The van der Waals surface area contributed by atoms with Gasteiger partial charge in [-0.15, -0.1) is 11.3 Å². The number of nitrogens with zero attached hydrogens (tertiary/aromatic N) is 2. The molecule has 0 aliphatic carbocycles. The van der Waals surface area contributed by atoms with Crippen LogP contribution in [0.1, 0.15) is 12.6 Å². The predicted octanol–water partition coefficient (Wildman–Crippen LogP) is 3.29. The molecule has 1 N–H and O–H groups in total. The Morgan fingerprint density at radius 1 is 1.15 bits per heavy atom. The normalized spacial score (nSPS) is 13.5. The molecule has 1 aromatic heterocycles. The Kier molecular flexibility index (Phi) is 6.78. The SMILES string of the molecule is COc1ccc(-c2nc(CC(=O)OC(C)C(=O)N3CC(=O)Nc4ccccc43)cs2)cc1OC. The highest BCUT2D eigenvalue weighted by Crippen LogP contribution is 2.34. The molecule has 0 fully saturated rings. The number of ether oxygens (including phenoxy) is 3. The lowest BCUT2D eigenvalue weighted by Crippen LogP contribution is -2.47. The van der Waals surface area contributed by atoms with Gasteiger partial charge in [0.1, 0.15) is 11.6 Å². The second-order valence-corrected chi connectivity index (χ2v) is 8.37. The molecule has 3 aromatic rings. The highest BCUT2D eigenvalue weighted by atomic mass is 32.1. The first kappa shape index (κ1) is 23.2. The summed E-state index contributed by atoms with van der Waals surface area (Å²) < 4.78 is 16.0. The summed E-state index contributed by atoms with van der Waals surface area (Å²) in [7, 11) is 3.12. The number of fused-ring (bicyclic) bond motifs is 1. The monoisotopic (exact) mass is 481 g/mol. The second-order valence-electron chi connectivity index (χ2n) is 7.51. The molecule has 176 valence electrons. The average molecular weight is 482 g/mol. The fourth-order valence-electron chi connectivity index (χ4n) is 3.58. The molecule has 0 saturated heterocycles. The molecule has 9 nitrogen and oxygen atoms in total. The summed E-state index contributed by atoms with van der Waals surface area (Å²) in [6, 6.07) is 12.4. The van der Waals surface area contributed by atoms with Crippen LogP contribution in [0.3, 0.4) is 0 Å². The summed E-state index contributed by atoms with van der Waals surface area (Å²) in [6.07, 6.45) is -1.14. The number of hydrogen-bond acceptors (Lipinski definition) is 8. The molecule has 1 atom stereocenters. The lowest BCUT2D eigenvalue weighted by molar-refractivity contribution is -0.153. The molecule has 0 radical (unpaired) electrons. The molecule has 4 rings (SSSR count). The van der Waals surface area contributed by atoms with Crippen molar-refractivity contribution in [2.24, 2.45) is 0 Å². The lowest BCUT2D eigenvalue weighted by atomic mass is 10.1. The van der Waals surface area contributed by atoms with Gasteiger partial charge in [-0.2, -0.15) is 0 Å². The summed E-state index contributed by atoms with van der Waals surface area (Å²) in [5.41, 5.74) is 2.46. The Balaban J connectivity index is 1.40. The first-order chi connectivity index (χ1) is 16.4. The molecule has 0 saturated carbocycles. The van der Waals surface area contributed by atoms with Crippen LogP contribution in [0.5, 0.6) is 11.5 Å². The van der Waals surface area contributed by atoms with Gasteiger partial charge in [0.2, 0.25) is 5.91 Å². The molecule has 1 aliphatic rings. The van der Waals surface area contributed by atoms with Crippen LogP contribution in [0.2, 0.25) is 0 Å². The lowest BCUT2D eigenvalue weighted by Gasteiger charge is -2.30. The van der Waals surface area contributed by atoms with Crippen LogP contribution in [-0.2, 0) is 25.5 Å². The minimum atomic E-state index is -1.06. The van der Waals surface area contributed by atoms with E-state index in [1.807, 2.05) is 12.1 Å². The van der Waals surface area contributed by atoms with Crippen LogP contribution in [-0.4, -0.2) is 49.6 Å². The Labute approximate surface area is 200 Å². The van der Waals surface area contributed by atoms with Gasteiger partial charge in [-0.25, -0.2) is 4.98 Å². The molecule has 34 heavy (non-hydrogen) atoms. The van der Waals surface area contributed by atoms with Gasteiger partial charge in [0, 0.05) is 10.9 Å². The minimum Gasteiger partial charge on any atom is -0.493 e. The van der Waals surface area contributed by atoms with E-state index >= 15 is 0 Å². The third kappa shape index (κ3) is 4.86. The molecule has 0 bridgehead atoms. The zero-order chi connectivity index (χ0) is 24.2. The minimum absolute atomic E-state index is 0.0848. The van der Waals surface area contributed by atoms with E-state index in [9.17, 15) is 14.4 Å². The zero-order valence-electron chi connectivity index (χ0n) is 18.9. The van der Waals surface area contributed by atoms with Gasteiger partial charge < -0.3 is 19.5 Å². The Hall–Kier alpha value is -3.92. The third-order valence-corrected chi connectivity index (χ3v) is 6.14. The highest BCUT2D eigenvalue weighted by Gasteiger charge is 2.31. The second kappa shape index (κ2) is 9.92. The van der Waals surface area contributed by atoms with Gasteiger partial charge in [-0.1, -0.05) is 12.1 Å². The first-order valence-electron chi connectivity index (χ1n) is 10.5.